The molecule has 0 saturated carbocycles. The van der Waals surface area contributed by atoms with Crippen LogP contribution in [0.5, 0.6) is 46.0 Å². The highest BCUT2D eigenvalue weighted by Gasteiger charge is 2.25. The van der Waals surface area contributed by atoms with E-state index in [1.165, 1.54) is 353 Å². The largest absolute Gasteiger partial charge is 0.490 e. The van der Waals surface area contributed by atoms with Crippen molar-refractivity contribution in [3.63, 3.8) is 0 Å². The lowest BCUT2D eigenvalue weighted by atomic mass is 9.84. The molecule has 0 radical (unpaired) electrons. The summed E-state index contributed by atoms with van der Waals surface area (Å²) in [5.41, 5.74) is 8.90. The molecule has 0 fully saturated rings. The molecule has 0 aliphatic carbocycles. The van der Waals surface area contributed by atoms with Crippen LogP contribution in [0.1, 0.15) is 466 Å². The van der Waals surface area contributed by atoms with Crippen molar-refractivity contribution in [1.82, 2.24) is 0 Å². The third-order valence-corrected chi connectivity index (χ3v) is 27.0. The van der Waals surface area contributed by atoms with E-state index >= 15 is 0 Å². The Morgan fingerprint density at radius 1 is 0.141 bits per heavy atom. The molecule has 8 heteroatoms. The van der Waals surface area contributed by atoms with E-state index in [1.54, 1.807) is 0 Å². The Bertz CT molecular complexity index is 3830. The molecule has 8 nitrogen and oxygen atoms in total. The van der Waals surface area contributed by atoms with Crippen molar-refractivity contribution >= 4 is 32.3 Å². The predicted octanol–water partition coefficient (Wildman–Crippen LogP) is 39.4. The van der Waals surface area contributed by atoms with E-state index in [2.05, 4.69) is 165 Å². The van der Waals surface area contributed by atoms with Gasteiger partial charge in [-0.15, -0.1) is 0 Å². The second-order valence-electron chi connectivity index (χ2n) is 38.2. The van der Waals surface area contributed by atoms with Crippen LogP contribution in [0.4, 0.5) is 0 Å². The molecule has 8 aromatic carbocycles. The summed E-state index contributed by atoms with van der Waals surface area (Å²) >= 11 is 0. The maximum atomic E-state index is 7.19. The smallest absolute Gasteiger partial charge is 0.161 e. The van der Waals surface area contributed by atoms with Crippen molar-refractivity contribution in [2.45, 2.75) is 466 Å². The topological polar surface area (TPSA) is 73.8 Å². The summed E-state index contributed by atoms with van der Waals surface area (Å²) in [6, 6.07) is 42.1. The van der Waals surface area contributed by atoms with Gasteiger partial charge in [-0.05, 0) is 177 Å². The maximum absolute atomic E-state index is 7.19. The van der Waals surface area contributed by atoms with Crippen LogP contribution in [0.3, 0.4) is 0 Å². The lowest BCUT2D eigenvalue weighted by Crippen LogP contribution is -2.05. The van der Waals surface area contributed by atoms with Crippen molar-refractivity contribution in [1.29, 1.82) is 0 Å². The molecule has 714 valence electrons. The van der Waals surface area contributed by atoms with E-state index in [-0.39, 0.29) is 0 Å². The highest BCUT2D eigenvalue weighted by molar-refractivity contribution is 6.28. The van der Waals surface area contributed by atoms with E-state index in [0.717, 1.165) is 180 Å². The summed E-state index contributed by atoms with van der Waals surface area (Å²) < 4.78 is 56.4. The molecule has 0 saturated heterocycles. The van der Waals surface area contributed by atoms with Gasteiger partial charge in [-0.1, -0.05) is 476 Å². The number of unbranched alkanes of at least 4 members (excludes halogenated alkanes) is 56. The summed E-state index contributed by atoms with van der Waals surface area (Å²) in [4.78, 5) is 0. The number of hydrogen-bond acceptors (Lipinski definition) is 8. The minimum Gasteiger partial charge on any atom is -0.490 e. The number of hydrogen-bond donors (Lipinski definition) is 0. The van der Waals surface area contributed by atoms with Crippen LogP contribution in [0.15, 0.2) is 109 Å². The Morgan fingerprint density at radius 3 is 0.523 bits per heavy atom. The van der Waals surface area contributed by atoms with E-state index < -0.39 is 0 Å². The average Bonchev–Trinajstić information content (AvgIpc) is 0.718. The molecule has 0 N–H and O–H groups in total. The summed E-state index contributed by atoms with van der Waals surface area (Å²) in [5, 5.41) is 7.36. The van der Waals surface area contributed by atoms with Crippen LogP contribution in [-0.2, 0) is 0 Å². The Morgan fingerprint density at radius 2 is 0.312 bits per heavy atom. The quantitative estimate of drug-likeness (QED) is 0.0276. The van der Waals surface area contributed by atoms with Crippen molar-refractivity contribution in [3.05, 3.63) is 109 Å². The molecule has 0 aromatic heterocycles. The third-order valence-electron chi connectivity index (χ3n) is 27.0. The first-order chi connectivity index (χ1) is 63.4. The fourth-order valence-electron chi connectivity index (χ4n) is 18.9. The van der Waals surface area contributed by atoms with Crippen LogP contribution in [0, 0.1) is 0 Å². The van der Waals surface area contributed by atoms with Gasteiger partial charge in [-0.2, -0.15) is 0 Å². The summed E-state index contributed by atoms with van der Waals surface area (Å²) in [7, 11) is 0. The molecule has 0 unspecified atom stereocenters. The Balaban J connectivity index is 1.29. The zero-order valence-corrected chi connectivity index (χ0v) is 83.6. The molecule has 8 rings (SSSR count). The van der Waals surface area contributed by atoms with Gasteiger partial charge in [0.2, 0.25) is 0 Å². The SMILES string of the molecule is CCCCCCCCCCOc1ccc(-c2cc(OCCCCCCCCCC)c(OCCCCCCCCCC)cc2-c2ccc3ccc4c(-c5cc(OCCCCCCCCCC)c(OCCCCCCCCCC)cc5-c5ccc(OCCCCCCCCCC)c(OCCCCCCCCCC)c5)ccc5ccc2c3c54)cc1OCCCCCCCCCC. The van der Waals surface area contributed by atoms with Crippen molar-refractivity contribution in [3.8, 4) is 90.5 Å². The lowest BCUT2D eigenvalue weighted by Gasteiger charge is -2.22. The summed E-state index contributed by atoms with van der Waals surface area (Å²) in [6.45, 7) is 23.6. The van der Waals surface area contributed by atoms with Gasteiger partial charge in [0.1, 0.15) is 0 Å². The summed E-state index contributed by atoms with van der Waals surface area (Å²) in [5.74, 6) is 6.57. The Labute approximate surface area is 784 Å². The highest BCUT2D eigenvalue weighted by Crippen LogP contribution is 2.51. The number of rotatable bonds is 84. The molecule has 0 aliphatic rings. The Hall–Kier alpha value is -6.80. The first-order valence-corrected chi connectivity index (χ1v) is 54.8. The first kappa shape index (κ1) is 107. The Kier molecular flexibility index (Phi) is 57.5. The van der Waals surface area contributed by atoms with Crippen molar-refractivity contribution < 1.29 is 37.9 Å². The minimum atomic E-state index is 0.635. The minimum absolute atomic E-state index is 0.635. The lowest BCUT2D eigenvalue weighted by molar-refractivity contribution is 0.258. The van der Waals surface area contributed by atoms with Gasteiger partial charge in [0.05, 0.1) is 52.9 Å². The molecule has 8 aromatic rings. The molecule has 0 spiro atoms. The van der Waals surface area contributed by atoms with Gasteiger partial charge in [0.15, 0.2) is 46.0 Å². The average molecular weight is 1760 g/mol. The summed E-state index contributed by atoms with van der Waals surface area (Å²) in [6.07, 6.45) is 79.7. The van der Waals surface area contributed by atoms with Crippen molar-refractivity contribution in [2.24, 2.45) is 0 Å². The van der Waals surface area contributed by atoms with E-state index in [0.29, 0.717) is 52.9 Å². The van der Waals surface area contributed by atoms with Crippen LogP contribution in [0.2, 0.25) is 0 Å². The molecule has 0 aliphatic heterocycles. The van der Waals surface area contributed by atoms with E-state index in [9.17, 15) is 0 Å². The van der Waals surface area contributed by atoms with Gasteiger partial charge in [-0.25, -0.2) is 0 Å². The van der Waals surface area contributed by atoms with Crippen LogP contribution in [-0.4, -0.2) is 52.9 Å². The van der Waals surface area contributed by atoms with Gasteiger partial charge in [0.25, 0.3) is 0 Å². The molecule has 0 amide bonds. The van der Waals surface area contributed by atoms with Crippen molar-refractivity contribution in [2.75, 3.05) is 52.9 Å². The molecule has 0 atom stereocenters. The van der Waals surface area contributed by atoms with Gasteiger partial charge < -0.3 is 37.9 Å². The maximum Gasteiger partial charge on any atom is 0.161 e. The molecular weight excluding hydrogens is 1570 g/mol. The van der Waals surface area contributed by atoms with Gasteiger partial charge in [0, 0.05) is 0 Å². The molecule has 0 bridgehead atoms. The predicted molar refractivity (Wildman–Crippen MR) is 557 cm³/mol. The van der Waals surface area contributed by atoms with E-state index in [1.807, 2.05) is 0 Å². The van der Waals surface area contributed by atoms with Gasteiger partial charge >= 0.3 is 0 Å². The highest BCUT2D eigenvalue weighted by atomic mass is 16.5. The monoisotopic (exact) mass is 1760 g/mol. The fourth-order valence-corrected chi connectivity index (χ4v) is 18.9. The zero-order chi connectivity index (χ0) is 90.0. The second kappa shape index (κ2) is 69.1. The number of ether oxygens (including phenoxy) is 8. The van der Waals surface area contributed by atoms with Crippen LogP contribution >= 0.6 is 0 Å². The third kappa shape index (κ3) is 40.3. The van der Waals surface area contributed by atoms with E-state index in [4.69, 9.17) is 37.9 Å². The van der Waals surface area contributed by atoms with Crippen LogP contribution < -0.4 is 37.9 Å². The molecule has 0 heterocycles. The number of benzene rings is 8. The molecule has 128 heavy (non-hydrogen) atoms. The standard InChI is InChI=1S/C120H186O8/c1-9-17-25-33-41-49-57-65-85-121-111-83-77-101(93-113(111)123-87-67-59-51-43-35-27-19-11-3)107-95-115(125-89-69-61-53-45-37-29-21-13-5)117(127-91-71-63-55-47-39-31-23-15-7)97-109(107)103-79-73-99-76-82-106-104(80-74-100-75-81-105(103)119(99)120(100)106)110-98-118(128-92-72-64-56-48-40-32-24-16-8)116(126-90-70-62-54-46-38-30-22-14-6)96-108(110)102-78-84-112(122-86-66-58-50-42-34-26-18-10-2)114(94-102)124-88-68-60-52-44-36-28-20-12-4/h73-84,93-98H,9-72,85-92H2,1-8H3. The first-order valence-electron chi connectivity index (χ1n) is 54.8. The zero-order valence-electron chi connectivity index (χ0n) is 83.6. The fraction of sp³-hybridized carbons (Fsp3) is 0.667. The van der Waals surface area contributed by atoms with Gasteiger partial charge in [-0.3, -0.25) is 0 Å². The second-order valence-corrected chi connectivity index (χ2v) is 38.2. The van der Waals surface area contributed by atoms with Crippen LogP contribution in [0.25, 0.3) is 76.8 Å². The normalized spacial score (nSPS) is 11.7. The molecular formula is C120H186O8.